The van der Waals surface area contributed by atoms with Gasteiger partial charge in [0.2, 0.25) is 0 Å². The molecule has 0 spiro atoms. The second-order valence-electron chi connectivity index (χ2n) is 6.21. The van der Waals surface area contributed by atoms with Gasteiger partial charge in [-0.2, -0.15) is 5.10 Å². The number of rotatable bonds is 5. The summed E-state index contributed by atoms with van der Waals surface area (Å²) in [5, 5.41) is 17.6. The fourth-order valence-electron chi connectivity index (χ4n) is 2.95. The summed E-state index contributed by atoms with van der Waals surface area (Å²) in [5.41, 5.74) is 3.02. The molecule has 2 aromatic rings. The normalized spacial score (nSPS) is 16.0. The van der Waals surface area contributed by atoms with E-state index in [4.69, 9.17) is 0 Å². The van der Waals surface area contributed by atoms with Gasteiger partial charge in [0.05, 0.1) is 10.6 Å². The minimum Gasteiger partial charge on any atom is -0.295 e. The molecule has 1 aliphatic rings. The highest BCUT2D eigenvalue weighted by molar-refractivity contribution is 5.99. The number of non-ortho nitro benzene ring substituents is 1. The minimum absolute atomic E-state index is 0.0970. The number of nitro benzene ring substituents is 1. The van der Waals surface area contributed by atoms with Gasteiger partial charge < -0.3 is 0 Å². The predicted molar refractivity (Wildman–Crippen MR) is 98.6 cm³/mol. The Morgan fingerprint density at radius 2 is 1.80 bits per heavy atom. The van der Waals surface area contributed by atoms with Crippen LogP contribution in [0.25, 0.3) is 0 Å². The van der Waals surface area contributed by atoms with Gasteiger partial charge in [0.1, 0.15) is 0 Å². The SMILES string of the molecule is CC(=NN1CCN(Cc2ccccc2)CC1)c1cccc([N+](=O)[O-])c1. The van der Waals surface area contributed by atoms with Crippen LogP contribution >= 0.6 is 0 Å². The van der Waals surface area contributed by atoms with Crippen molar-refractivity contribution in [3.63, 3.8) is 0 Å². The lowest BCUT2D eigenvalue weighted by Crippen LogP contribution is -2.43. The third-order valence-electron chi connectivity index (χ3n) is 4.36. The van der Waals surface area contributed by atoms with Crippen molar-refractivity contribution < 1.29 is 4.92 Å². The minimum atomic E-state index is -0.376. The molecule has 0 bridgehead atoms. The second kappa shape index (κ2) is 7.90. The maximum atomic E-state index is 10.9. The molecular formula is C19H22N4O2. The highest BCUT2D eigenvalue weighted by Gasteiger charge is 2.16. The quantitative estimate of drug-likeness (QED) is 0.477. The van der Waals surface area contributed by atoms with Crippen molar-refractivity contribution in [2.24, 2.45) is 5.10 Å². The summed E-state index contributed by atoms with van der Waals surface area (Å²) in [6.07, 6.45) is 0. The molecule has 0 saturated carbocycles. The van der Waals surface area contributed by atoms with Crippen LogP contribution in [0.2, 0.25) is 0 Å². The van der Waals surface area contributed by atoms with E-state index in [-0.39, 0.29) is 10.6 Å². The molecule has 1 aliphatic heterocycles. The average molecular weight is 338 g/mol. The van der Waals surface area contributed by atoms with Crippen LogP contribution in [0.1, 0.15) is 18.1 Å². The molecule has 0 atom stereocenters. The standard InChI is InChI=1S/C19H22N4O2/c1-16(18-8-5-9-19(14-18)23(24)25)20-22-12-10-21(11-13-22)15-17-6-3-2-4-7-17/h2-9,14H,10-13,15H2,1H3. The van der Waals surface area contributed by atoms with Crippen LogP contribution < -0.4 is 0 Å². The highest BCUT2D eigenvalue weighted by atomic mass is 16.6. The molecular weight excluding hydrogens is 316 g/mol. The van der Waals surface area contributed by atoms with E-state index in [1.54, 1.807) is 12.1 Å². The van der Waals surface area contributed by atoms with Crippen molar-refractivity contribution in [2.75, 3.05) is 26.2 Å². The lowest BCUT2D eigenvalue weighted by atomic mass is 10.1. The van der Waals surface area contributed by atoms with Crippen molar-refractivity contribution >= 4 is 11.4 Å². The number of piperazine rings is 1. The third-order valence-corrected chi connectivity index (χ3v) is 4.36. The Morgan fingerprint density at radius 3 is 2.48 bits per heavy atom. The van der Waals surface area contributed by atoms with Crippen molar-refractivity contribution in [1.82, 2.24) is 9.91 Å². The van der Waals surface area contributed by atoms with Gasteiger partial charge in [-0.05, 0) is 12.5 Å². The Bertz CT molecular complexity index is 753. The van der Waals surface area contributed by atoms with Crippen LogP contribution in [0.4, 0.5) is 5.69 Å². The Morgan fingerprint density at radius 1 is 1.08 bits per heavy atom. The number of hydrogen-bond donors (Lipinski definition) is 0. The number of nitrogens with zero attached hydrogens (tertiary/aromatic N) is 4. The van der Waals surface area contributed by atoms with E-state index in [1.807, 2.05) is 19.1 Å². The van der Waals surface area contributed by atoms with Crippen LogP contribution in [0.3, 0.4) is 0 Å². The monoisotopic (exact) mass is 338 g/mol. The molecule has 1 heterocycles. The molecule has 6 heteroatoms. The zero-order valence-electron chi connectivity index (χ0n) is 14.3. The summed E-state index contributed by atoms with van der Waals surface area (Å²) in [7, 11) is 0. The summed E-state index contributed by atoms with van der Waals surface area (Å²) >= 11 is 0. The van der Waals surface area contributed by atoms with E-state index < -0.39 is 0 Å². The Balaban J connectivity index is 1.58. The predicted octanol–water partition coefficient (Wildman–Crippen LogP) is 3.14. The van der Waals surface area contributed by atoms with Crippen LogP contribution in [0.15, 0.2) is 59.7 Å². The van der Waals surface area contributed by atoms with Gasteiger partial charge in [-0.15, -0.1) is 0 Å². The van der Waals surface area contributed by atoms with Gasteiger partial charge in [0.15, 0.2) is 0 Å². The Labute approximate surface area is 147 Å². The van der Waals surface area contributed by atoms with Crippen LogP contribution in [-0.4, -0.2) is 46.7 Å². The maximum absolute atomic E-state index is 10.9. The van der Waals surface area contributed by atoms with E-state index >= 15 is 0 Å². The smallest absolute Gasteiger partial charge is 0.270 e. The zero-order valence-corrected chi connectivity index (χ0v) is 14.3. The summed E-state index contributed by atoms with van der Waals surface area (Å²) in [6.45, 7) is 6.50. The van der Waals surface area contributed by atoms with Gasteiger partial charge in [-0.25, -0.2) is 0 Å². The first-order valence-electron chi connectivity index (χ1n) is 8.43. The number of nitro groups is 1. The van der Waals surface area contributed by atoms with E-state index in [9.17, 15) is 10.1 Å². The fraction of sp³-hybridized carbons (Fsp3) is 0.316. The molecule has 1 saturated heterocycles. The van der Waals surface area contributed by atoms with Gasteiger partial charge in [0, 0.05) is 50.4 Å². The summed E-state index contributed by atoms with van der Waals surface area (Å²) in [4.78, 5) is 12.9. The molecule has 2 aromatic carbocycles. The van der Waals surface area contributed by atoms with Gasteiger partial charge in [-0.1, -0.05) is 42.5 Å². The average Bonchev–Trinajstić information content (AvgIpc) is 2.64. The van der Waals surface area contributed by atoms with Gasteiger partial charge in [-0.3, -0.25) is 20.0 Å². The molecule has 0 N–H and O–H groups in total. The molecule has 1 fully saturated rings. The molecule has 130 valence electrons. The van der Waals surface area contributed by atoms with Crippen LogP contribution in [-0.2, 0) is 6.54 Å². The Hall–Kier alpha value is -2.73. The first-order chi connectivity index (χ1) is 12.1. The molecule has 3 rings (SSSR count). The lowest BCUT2D eigenvalue weighted by Gasteiger charge is -2.33. The first kappa shape index (κ1) is 17.1. The molecule has 0 aromatic heterocycles. The molecule has 6 nitrogen and oxygen atoms in total. The Kier molecular flexibility index (Phi) is 5.40. The fourth-order valence-corrected chi connectivity index (χ4v) is 2.95. The topological polar surface area (TPSA) is 62.0 Å². The third kappa shape index (κ3) is 4.64. The number of benzene rings is 2. The number of hydrazone groups is 1. The van der Waals surface area contributed by atoms with Crippen molar-refractivity contribution in [3.8, 4) is 0 Å². The largest absolute Gasteiger partial charge is 0.295 e. The van der Waals surface area contributed by atoms with Crippen molar-refractivity contribution in [1.29, 1.82) is 0 Å². The van der Waals surface area contributed by atoms with Gasteiger partial charge in [0.25, 0.3) is 5.69 Å². The highest BCUT2D eigenvalue weighted by Crippen LogP contribution is 2.15. The number of hydrogen-bond acceptors (Lipinski definition) is 5. The van der Waals surface area contributed by atoms with Gasteiger partial charge >= 0.3 is 0 Å². The zero-order chi connectivity index (χ0) is 17.6. The van der Waals surface area contributed by atoms with E-state index in [0.29, 0.717) is 0 Å². The summed E-state index contributed by atoms with van der Waals surface area (Å²) < 4.78 is 0. The van der Waals surface area contributed by atoms with Crippen LogP contribution in [0, 0.1) is 10.1 Å². The molecule has 0 radical (unpaired) electrons. The van der Waals surface area contributed by atoms with Crippen molar-refractivity contribution in [3.05, 3.63) is 75.8 Å². The summed E-state index contributed by atoms with van der Waals surface area (Å²) in [6, 6.07) is 17.1. The van der Waals surface area contributed by atoms with Crippen molar-refractivity contribution in [2.45, 2.75) is 13.5 Å². The van der Waals surface area contributed by atoms with E-state index in [0.717, 1.165) is 44.0 Å². The van der Waals surface area contributed by atoms with Crippen LogP contribution in [0.5, 0.6) is 0 Å². The summed E-state index contributed by atoms with van der Waals surface area (Å²) in [5.74, 6) is 0. The van der Waals surface area contributed by atoms with E-state index in [1.165, 1.54) is 11.6 Å². The molecule has 25 heavy (non-hydrogen) atoms. The molecule has 0 amide bonds. The maximum Gasteiger partial charge on any atom is 0.270 e. The lowest BCUT2D eigenvalue weighted by molar-refractivity contribution is -0.384. The molecule has 0 unspecified atom stereocenters. The first-order valence-corrected chi connectivity index (χ1v) is 8.43. The van der Waals surface area contributed by atoms with E-state index in [2.05, 4.69) is 39.3 Å². The molecule has 0 aliphatic carbocycles. The second-order valence-corrected chi connectivity index (χ2v) is 6.21.